The first-order valence-electron chi connectivity index (χ1n) is 8.10. The van der Waals surface area contributed by atoms with E-state index >= 15 is 0 Å². The highest BCUT2D eigenvalue weighted by Crippen LogP contribution is 2.15. The van der Waals surface area contributed by atoms with Gasteiger partial charge in [0, 0.05) is 12.8 Å². The number of nitrogens with zero attached hydrogens (tertiary/aromatic N) is 2. The molecule has 2 N–H and O–H groups in total. The van der Waals surface area contributed by atoms with Gasteiger partial charge in [0.1, 0.15) is 5.75 Å². The van der Waals surface area contributed by atoms with Crippen LogP contribution in [0.1, 0.15) is 29.3 Å². The Bertz CT molecular complexity index is 813. The fourth-order valence-corrected chi connectivity index (χ4v) is 2.53. The molecule has 0 spiro atoms. The number of rotatable bonds is 7. The summed E-state index contributed by atoms with van der Waals surface area (Å²) in [4.78, 5) is 15.1. The zero-order valence-corrected chi connectivity index (χ0v) is 13.7. The maximum Gasteiger partial charge on any atom is 0.409 e. The van der Waals surface area contributed by atoms with Crippen LogP contribution in [0, 0.1) is 0 Å². The van der Waals surface area contributed by atoms with Gasteiger partial charge >= 0.3 is 6.09 Å². The van der Waals surface area contributed by atoms with Crippen molar-refractivity contribution in [3.63, 3.8) is 0 Å². The molecule has 0 fully saturated rings. The van der Waals surface area contributed by atoms with E-state index in [-0.39, 0.29) is 0 Å². The number of amides is 1. The molecule has 1 heterocycles. The average molecular weight is 337 g/mol. The molecule has 0 radical (unpaired) electrons. The molecule has 0 atom stereocenters. The van der Waals surface area contributed by atoms with Gasteiger partial charge in [0.05, 0.1) is 0 Å². The van der Waals surface area contributed by atoms with Crippen LogP contribution in [0.5, 0.6) is 5.75 Å². The van der Waals surface area contributed by atoms with E-state index in [1.54, 1.807) is 12.1 Å². The van der Waals surface area contributed by atoms with Crippen LogP contribution in [0.4, 0.5) is 4.79 Å². The molecule has 3 rings (SSSR count). The van der Waals surface area contributed by atoms with E-state index in [0.29, 0.717) is 23.9 Å². The zero-order valence-electron chi connectivity index (χ0n) is 13.7. The summed E-state index contributed by atoms with van der Waals surface area (Å²) in [6, 6.07) is 17.4. The number of carbonyl (C=O) groups excluding carboxylic acids is 1. The first-order chi connectivity index (χ1) is 12.2. The molecule has 3 aromatic rings. The molecule has 1 amide bonds. The molecule has 0 aliphatic heterocycles. The number of hydrogen-bond donors (Lipinski definition) is 1. The van der Waals surface area contributed by atoms with E-state index < -0.39 is 6.09 Å². The number of ether oxygens (including phenoxy) is 1. The van der Waals surface area contributed by atoms with Gasteiger partial charge in [-0.2, -0.15) is 4.98 Å². The first-order valence-corrected chi connectivity index (χ1v) is 8.10. The molecule has 0 unspecified atom stereocenters. The summed E-state index contributed by atoms with van der Waals surface area (Å²) in [6.45, 7) is 0. The Balaban J connectivity index is 1.50. The van der Waals surface area contributed by atoms with Crippen molar-refractivity contribution in [3.05, 3.63) is 77.4 Å². The molecule has 0 saturated carbocycles. The molecule has 128 valence electrons. The van der Waals surface area contributed by atoms with Crippen molar-refractivity contribution in [2.24, 2.45) is 5.73 Å². The fraction of sp³-hybridized carbons (Fsp3) is 0.211. The van der Waals surface area contributed by atoms with Gasteiger partial charge in [-0.25, -0.2) is 4.79 Å². The Morgan fingerprint density at radius 2 is 1.76 bits per heavy atom. The second-order valence-corrected chi connectivity index (χ2v) is 5.69. The molecule has 0 saturated heterocycles. The fourth-order valence-electron chi connectivity index (χ4n) is 2.53. The third kappa shape index (κ3) is 5.17. The maximum atomic E-state index is 10.7. The average Bonchev–Trinajstić information content (AvgIpc) is 3.04. The van der Waals surface area contributed by atoms with Crippen LogP contribution in [0.3, 0.4) is 0 Å². The SMILES string of the molecule is NC(=O)Oc1ccc(Cc2noc(CCCc3ccccc3)n2)cc1. The number of carbonyl (C=O) groups is 1. The Hall–Kier alpha value is -3.15. The van der Waals surface area contributed by atoms with Crippen LogP contribution < -0.4 is 10.5 Å². The Morgan fingerprint density at radius 3 is 2.48 bits per heavy atom. The van der Waals surface area contributed by atoms with Gasteiger partial charge in [-0.1, -0.05) is 47.6 Å². The number of aromatic nitrogens is 2. The highest BCUT2D eigenvalue weighted by Gasteiger charge is 2.08. The monoisotopic (exact) mass is 337 g/mol. The summed E-state index contributed by atoms with van der Waals surface area (Å²) in [6.07, 6.45) is 2.43. The number of hydrogen-bond acceptors (Lipinski definition) is 5. The third-order valence-electron chi connectivity index (χ3n) is 3.71. The largest absolute Gasteiger partial charge is 0.411 e. The van der Waals surface area contributed by atoms with Gasteiger partial charge in [0.25, 0.3) is 0 Å². The van der Waals surface area contributed by atoms with Gasteiger partial charge in [-0.3, -0.25) is 0 Å². The van der Waals surface area contributed by atoms with Crippen molar-refractivity contribution in [2.45, 2.75) is 25.7 Å². The number of benzene rings is 2. The van der Waals surface area contributed by atoms with Crippen LogP contribution in [0.2, 0.25) is 0 Å². The standard InChI is InChI=1S/C19H19N3O3/c20-19(23)24-16-11-9-15(10-12-16)13-17-21-18(25-22-17)8-4-7-14-5-2-1-3-6-14/h1-3,5-6,9-12H,4,7-8,13H2,(H2,20,23). The number of primary amides is 1. The molecular formula is C19H19N3O3. The summed E-state index contributed by atoms with van der Waals surface area (Å²) in [5.41, 5.74) is 7.27. The highest BCUT2D eigenvalue weighted by molar-refractivity contribution is 5.68. The lowest BCUT2D eigenvalue weighted by molar-refractivity contribution is 0.211. The van der Waals surface area contributed by atoms with E-state index in [2.05, 4.69) is 22.3 Å². The molecule has 25 heavy (non-hydrogen) atoms. The third-order valence-corrected chi connectivity index (χ3v) is 3.71. The second kappa shape index (κ2) is 8.10. The first kappa shape index (κ1) is 16.7. The van der Waals surface area contributed by atoms with Gasteiger partial charge in [-0.05, 0) is 36.1 Å². The number of nitrogens with two attached hydrogens (primary N) is 1. The highest BCUT2D eigenvalue weighted by atomic mass is 16.5. The van der Waals surface area contributed by atoms with Crippen molar-refractivity contribution in [1.29, 1.82) is 0 Å². The van der Waals surface area contributed by atoms with Crippen molar-refractivity contribution < 1.29 is 14.1 Å². The van der Waals surface area contributed by atoms with Crippen LogP contribution in [0.15, 0.2) is 59.1 Å². The summed E-state index contributed by atoms with van der Waals surface area (Å²) >= 11 is 0. The topological polar surface area (TPSA) is 91.2 Å². The van der Waals surface area contributed by atoms with Crippen molar-refractivity contribution in [2.75, 3.05) is 0 Å². The summed E-state index contributed by atoms with van der Waals surface area (Å²) in [5.74, 6) is 1.70. The lowest BCUT2D eigenvalue weighted by atomic mass is 10.1. The van der Waals surface area contributed by atoms with E-state index in [0.717, 1.165) is 24.8 Å². The minimum Gasteiger partial charge on any atom is -0.411 e. The minimum atomic E-state index is -0.828. The van der Waals surface area contributed by atoms with Gasteiger partial charge in [0.2, 0.25) is 5.89 Å². The van der Waals surface area contributed by atoms with Gasteiger partial charge in [0.15, 0.2) is 5.82 Å². The Labute approximate surface area is 145 Å². The number of aryl methyl sites for hydroxylation is 2. The van der Waals surface area contributed by atoms with Crippen molar-refractivity contribution in [1.82, 2.24) is 10.1 Å². The van der Waals surface area contributed by atoms with E-state index in [9.17, 15) is 4.79 Å². The van der Waals surface area contributed by atoms with Crippen LogP contribution in [-0.4, -0.2) is 16.2 Å². The van der Waals surface area contributed by atoms with E-state index in [4.69, 9.17) is 15.0 Å². The van der Waals surface area contributed by atoms with Crippen LogP contribution >= 0.6 is 0 Å². The predicted molar refractivity (Wildman–Crippen MR) is 92.2 cm³/mol. The molecule has 6 nitrogen and oxygen atoms in total. The van der Waals surface area contributed by atoms with E-state index in [1.165, 1.54) is 5.56 Å². The molecular weight excluding hydrogens is 318 g/mol. The van der Waals surface area contributed by atoms with Gasteiger partial charge in [-0.15, -0.1) is 0 Å². The Kier molecular flexibility index (Phi) is 5.41. The predicted octanol–water partition coefficient (Wildman–Crippen LogP) is 3.29. The lowest BCUT2D eigenvalue weighted by Crippen LogP contribution is -2.16. The minimum absolute atomic E-state index is 0.408. The smallest absolute Gasteiger partial charge is 0.409 e. The molecule has 6 heteroatoms. The van der Waals surface area contributed by atoms with Crippen LogP contribution in [0.25, 0.3) is 0 Å². The van der Waals surface area contributed by atoms with E-state index in [1.807, 2.05) is 30.3 Å². The second-order valence-electron chi connectivity index (χ2n) is 5.69. The summed E-state index contributed by atoms with van der Waals surface area (Å²) in [7, 11) is 0. The molecule has 0 bridgehead atoms. The quantitative estimate of drug-likeness (QED) is 0.714. The molecule has 0 aliphatic carbocycles. The van der Waals surface area contributed by atoms with Crippen molar-refractivity contribution >= 4 is 6.09 Å². The molecule has 1 aromatic heterocycles. The molecule has 2 aromatic carbocycles. The van der Waals surface area contributed by atoms with Crippen LogP contribution in [-0.2, 0) is 19.3 Å². The normalized spacial score (nSPS) is 10.6. The summed E-state index contributed by atoms with van der Waals surface area (Å²) < 4.78 is 10.1. The Morgan fingerprint density at radius 1 is 1.00 bits per heavy atom. The molecule has 0 aliphatic rings. The van der Waals surface area contributed by atoms with Gasteiger partial charge < -0.3 is 15.0 Å². The lowest BCUT2D eigenvalue weighted by Gasteiger charge is -2.01. The summed E-state index contributed by atoms with van der Waals surface area (Å²) in [5, 5.41) is 4.02. The maximum absolute atomic E-state index is 10.7. The van der Waals surface area contributed by atoms with Crippen molar-refractivity contribution in [3.8, 4) is 5.75 Å². The zero-order chi connectivity index (χ0) is 17.5.